The number of carboxylic acids is 1. The molecule has 0 saturated carbocycles. The summed E-state index contributed by atoms with van der Waals surface area (Å²) in [4.78, 5) is 18.7. The number of anilines is 1. The summed E-state index contributed by atoms with van der Waals surface area (Å²) < 4.78 is 0. The van der Waals surface area contributed by atoms with Crippen LogP contribution in [-0.2, 0) is 6.54 Å². The summed E-state index contributed by atoms with van der Waals surface area (Å²) in [5, 5.41) is 10.3. The first-order valence-corrected chi connectivity index (χ1v) is 8.26. The molecule has 0 unspecified atom stereocenters. The summed E-state index contributed by atoms with van der Waals surface area (Å²) in [5.41, 5.74) is 7.70. The van der Waals surface area contributed by atoms with E-state index in [1.165, 1.54) is 30.6 Å². The van der Waals surface area contributed by atoms with E-state index in [2.05, 4.69) is 9.88 Å². The molecule has 3 N–H and O–H groups in total. The Morgan fingerprint density at radius 3 is 2.77 bits per heavy atom. The van der Waals surface area contributed by atoms with E-state index in [1.54, 1.807) is 12.1 Å². The molecule has 1 aliphatic rings. The fraction of sp³-hybridized carbons (Fsp3) is 0.375. The van der Waals surface area contributed by atoms with Crippen LogP contribution >= 0.6 is 11.3 Å². The van der Waals surface area contributed by atoms with Gasteiger partial charge >= 0.3 is 5.97 Å². The van der Waals surface area contributed by atoms with Crippen LogP contribution < -0.4 is 5.73 Å². The van der Waals surface area contributed by atoms with Crippen molar-refractivity contribution in [1.29, 1.82) is 0 Å². The number of aromatic nitrogens is 1. The summed E-state index contributed by atoms with van der Waals surface area (Å²) in [6, 6.07) is 7.22. The molecule has 1 aliphatic heterocycles. The molecule has 1 aromatic heterocycles. The van der Waals surface area contributed by atoms with Gasteiger partial charge in [-0.2, -0.15) is 0 Å². The average molecular weight is 317 g/mol. The molecule has 1 saturated heterocycles. The lowest BCUT2D eigenvalue weighted by Gasteiger charge is -2.25. The quantitative estimate of drug-likeness (QED) is 0.847. The summed E-state index contributed by atoms with van der Waals surface area (Å²) in [6.07, 6.45) is 3.70. The SMILES string of the molecule is Nc1cccc(-c2nc(CN3CCCCC3)sc2C(=O)O)c1. The largest absolute Gasteiger partial charge is 0.477 e. The second kappa shape index (κ2) is 6.46. The normalized spacial score (nSPS) is 15.8. The van der Waals surface area contributed by atoms with Crippen molar-refractivity contribution in [3.8, 4) is 11.3 Å². The van der Waals surface area contributed by atoms with Crippen LogP contribution in [0.4, 0.5) is 5.69 Å². The summed E-state index contributed by atoms with van der Waals surface area (Å²) in [6.45, 7) is 2.86. The Morgan fingerprint density at radius 2 is 2.09 bits per heavy atom. The van der Waals surface area contributed by atoms with Crippen molar-refractivity contribution in [1.82, 2.24) is 9.88 Å². The topological polar surface area (TPSA) is 79.5 Å². The number of likely N-dealkylation sites (tertiary alicyclic amines) is 1. The molecular formula is C16H19N3O2S. The molecule has 2 aromatic rings. The molecule has 0 aliphatic carbocycles. The first kappa shape index (κ1) is 15.0. The highest BCUT2D eigenvalue weighted by molar-refractivity contribution is 7.14. The third-order valence-electron chi connectivity index (χ3n) is 3.83. The first-order chi connectivity index (χ1) is 10.6. The van der Waals surface area contributed by atoms with Gasteiger partial charge in [0.05, 0.1) is 12.2 Å². The van der Waals surface area contributed by atoms with Crippen molar-refractivity contribution in [2.75, 3.05) is 18.8 Å². The van der Waals surface area contributed by atoms with E-state index in [1.807, 2.05) is 12.1 Å². The summed E-state index contributed by atoms with van der Waals surface area (Å²) in [7, 11) is 0. The maximum absolute atomic E-state index is 11.5. The zero-order valence-electron chi connectivity index (χ0n) is 12.3. The van der Waals surface area contributed by atoms with Gasteiger partial charge in [-0.15, -0.1) is 11.3 Å². The van der Waals surface area contributed by atoms with Crippen LogP contribution in [0.15, 0.2) is 24.3 Å². The number of hydrogen-bond acceptors (Lipinski definition) is 5. The molecule has 1 fully saturated rings. The lowest BCUT2D eigenvalue weighted by atomic mass is 10.1. The van der Waals surface area contributed by atoms with Gasteiger partial charge < -0.3 is 10.8 Å². The Hall–Kier alpha value is -1.92. The molecule has 5 nitrogen and oxygen atoms in total. The van der Waals surface area contributed by atoms with Gasteiger partial charge in [0.1, 0.15) is 9.88 Å². The van der Waals surface area contributed by atoms with Crippen LogP contribution in [0.25, 0.3) is 11.3 Å². The molecule has 22 heavy (non-hydrogen) atoms. The van der Waals surface area contributed by atoms with Gasteiger partial charge in [-0.3, -0.25) is 4.90 Å². The Kier molecular flexibility index (Phi) is 4.40. The van der Waals surface area contributed by atoms with Crippen LogP contribution in [0.3, 0.4) is 0 Å². The van der Waals surface area contributed by atoms with Gasteiger partial charge in [0.15, 0.2) is 0 Å². The minimum absolute atomic E-state index is 0.289. The number of thiazole rings is 1. The highest BCUT2D eigenvalue weighted by Gasteiger charge is 2.20. The van der Waals surface area contributed by atoms with Crippen LogP contribution in [0, 0.1) is 0 Å². The monoisotopic (exact) mass is 317 g/mol. The molecular weight excluding hydrogens is 298 g/mol. The minimum Gasteiger partial charge on any atom is -0.477 e. The number of nitrogens with zero attached hydrogens (tertiary/aromatic N) is 2. The maximum atomic E-state index is 11.5. The summed E-state index contributed by atoms with van der Waals surface area (Å²) >= 11 is 1.27. The molecule has 0 amide bonds. The van der Waals surface area contributed by atoms with Crippen LogP contribution in [-0.4, -0.2) is 34.0 Å². The van der Waals surface area contributed by atoms with Gasteiger partial charge in [-0.25, -0.2) is 9.78 Å². The number of carbonyl (C=O) groups is 1. The van der Waals surface area contributed by atoms with E-state index in [4.69, 9.17) is 5.73 Å². The molecule has 1 aromatic carbocycles. The smallest absolute Gasteiger partial charge is 0.348 e. The van der Waals surface area contributed by atoms with Gasteiger partial charge in [-0.1, -0.05) is 18.6 Å². The zero-order valence-corrected chi connectivity index (χ0v) is 13.1. The highest BCUT2D eigenvalue weighted by atomic mass is 32.1. The van der Waals surface area contributed by atoms with Crippen molar-refractivity contribution >= 4 is 23.0 Å². The highest BCUT2D eigenvalue weighted by Crippen LogP contribution is 2.30. The van der Waals surface area contributed by atoms with Crippen molar-refractivity contribution in [2.45, 2.75) is 25.8 Å². The number of nitrogens with two attached hydrogens (primary N) is 1. The van der Waals surface area contributed by atoms with E-state index in [-0.39, 0.29) is 4.88 Å². The Bertz CT molecular complexity index is 678. The molecule has 0 bridgehead atoms. The standard InChI is InChI=1S/C16H19N3O2S/c17-12-6-4-5-11(9-12)14-15(16(20)21)22-13(18-14)10-19-7-2-1-3-8-19/h4-6,9H,1-3,7-8,10,17H2,(H,20,21). The predicted molar refractivity (Wildman–Crippen MR) is 88.0 cm³/mol. The Balaban J connectivity index is 1.90. The van der Waals surface area contributed by atoms with E-state index < -0.39 is 5.97 Å². The molecule has 3 rings (SSSR count). The average Bonchev–Trinajstić information content (AvgIpc) is 2.92. The third-order valence-corrected chi connectivity index (χ3v) is 4.86. The second-order valence-corrected chi connectivity index (χ2v) is 6.64. The molecule has 6 heteroatoms. The fourth-order valence-corrected chi connectivity index (χ4v) is 3.73. The van der Waals surface area contributed by atoms with Crippen LogP contribution in [0.2, 0.25) is 0 Å². The fourth-order valence-electron chi connectivity index (χ4n) is 2.77. The molecule has 0 spiro atoms. The summed E-state index contributed by atoms with van der Waals surface area (Å²) in [5.74, 6) is -0.931. The second-order valence-electron chi connectivity index (χ2n) is 5.55. The van der Waals surface area contributed by atoms with Gasteiger partial charge in [-0.05, 0) is 38.1 Å². The lowest BCUT2D eigenvalue weighted by molar-refractivity contribution is 0.0702. The van der Waals surface area contributed by atoms with Crippen LogP contribution in [0.1, 0.15) is 33.9 Å². The Morgan fingerprint density at radius 1 is 1.32 bits per heavy atom. The maximum Gasteiger partial charge on any atom is 0.348 e. The van der Waals surface area contributed by atoms with Gasteiger partial charge in [0.25, 0.3) is 0 Å². The third kappa shape index (κ3) is 3.28. The van der Waals surface area contributed by atoms with E-state index in [0.717, 1.165) is 30.2 Å². The first-order valence-electron chi connectivity index (χ1n) is 7.45. The molecule has 2 heterocycles. The lowest BCUT2D eigenvalue weighted by Crippen LogP contribution is -2.28. The van der Waals surface area contributed by atoms with Crippen molar-refractivity contribution < 1.29 is 9.90 Å². The Labute approximate surface area is 133 Å². The number of rotatable bonds is 4. The molecule has 0 atom stereocenters. The predicted octanol–water partition coefficient (Wildman–Crippen LogP) is 3.08. The number of benzene rings is 1. The van der Waals surface area contributed by atoms with Crippen molar-refractivity contribution in [3.63, 3.8) is 0 Å². The van der Waals surface area contributed by atoms with Gasteiger partial charge in [0.2, 0.25) is 0 Å². The van der Waals surface area contributed by atoms with Gasteiger partial charge in [0, 0.05) is 11.3 Å². The molecule has 0 radical (unpaired) electrons. The van der Waals surface area contributed by atoms with Crippen molar-refractivity contribution in [3.05, 3.63) is 34.2 Å². The van der Waals surface area contributed by atoms with E-state index in [9.17, 15) is 9.90 Å². The number of hydrogen-bond donors (Lipinski definition) is 2. The minimum atomic E-state index is -0.931. The van der Waals surface area contributed by atoms with E-state index >= 15 is 0 Å². The number of carboxylic acid groups (broad SMARTS) is 1. The number of nitrogen functional groups attached to an aromatic ring is 1. The van der Waals surface area contributed by atoms with E-state index in [0.29, 0.717) is 11.4 Å². The van der Waals surface area contributed by atoms with Crippen LogP contribution in [0.5, 0.6) is 0 Å². The number of piperidine rings is 1. The number of aromatic carboxylic acids is 1. The van der Waals surface area contributed by atoms with Crippen molar-refractivity contribution in [2.24, 2.45) is 0 Å². The zero-order chi connectivity index (χ0) is 15.5. The molecule has 116 valence electrons.